The van der Waals surface area contributed by atoms with Gasteiger partial charge in [-0.05, 0) is 19.1 Å². The molecule has 0 saturated carbocycles. The first kappa shape index (κ1) is 14.4. The van der Waals surface area contributed by atoms with Crippen molar-refractivity contribution < 1.29 is 0 Å². The van der Waals surface area contributed by atoms with E-state index in [0.29, 0.717) is 0 Å². The summed E-state index contributed by atoms with van der Waals surface area (Å²) in [4.78, 5) is 10.7. The van der Waals surface area contributed by atoms with E-state index in [2.05, 4.69) is 57.4 Å². The number of rotatable bonds is 5. The maximum absolute atomic E-state index is 4.40. The van der Waals surface area contributed by atoms with Crippen molar-refractivity contribution in [1.82, 2.24) is 9.88 Å². The van der Waals surface area contributed by atoms with E-state index >= 15 is 0 Å². The molecule has 0 radical (unpaired) electrons. The van der Waals surface area contributed by atoms with Crippen molar-refractivity contribution >= 4 is 22.2 Å². The van der Waals surface area contributed by atoms with Crippen LogP contribution >= 0.6 is 11.3 Å². The van der Waals surface area contributed by atoms with Crippen molar-refractivity contribution in [2.24, 2.45) is 0 Å². The Kier molecular flexibility index (Phi) is 4.72. The lowest BCUT2D eigenvalue weighted by atomic mass is 10.2. The lowest BCUT2D eigenvalue weighted by Gasteiger charge is -2.35. The predicted octanol–water partition coefficient (Wildman–Crippen LogP) is 2.90. The molecule has 1 aromatic carbocycles. The zero-order valence-electron chi connectivity index (χ0n) is 12.5. The van der Waals surface area contributed by atoms with Gasteiger partial charge in [-0.1, -0.05) is 18.2 Å². The first-order chi connectivity index (χ1) is 10.3. The molecule has 0 atom stereocenters. The minimum Gasteiger partial charge on any atom is -0.369 e. The molecular weight excluding hydrogens is 280 g/mol. The van der Waals surface area contributed by atoms with Gasteiger partial charge in [0.25, 0.3) is 0 Å². The quantitative estimate of drug-likeness (QED) is 0.920. The topological polar surface area (TPSA) is 31.4 Å². The van der Waals surface area contributed by atoms with Crippen LogP contribution in [-0.2, 0) is 6.54 Å². The smallest absolute Gasteiger partial charge is 0.182 e. The van der Waals surface area contributed by atoms with Gasteiger partial charge in [0, 0.05) is 56.0 Å². The summed E-state index contributed by atoms with van der Waals surface area (Å²) in [5.41, 5.74) is 1.34. The molecule has 1 saturated heterocycles. The third-order valence-corrected chi connectivity index (χ3v) is 4.69. The van der Waals surface area contributed by atoms with E-state index in [0.717, 1.165) is 44.4 Å². The molecule has 21 heavy (non-hydrogen) atoms. The van der Waals surface area contributed by atoms with E-state index in [1.54, 1.807) is 11.3 Å². The Balaban J connectivity index is 1.51. The zero-order chi connectivity index (χ0) is 14.5. The van der Waals surface area contributed by atoms with E-state index in [1.807, 2.05) is 6.20 Å². The molecule has 2 heterocycles. The minimum absolute atomic E-state index is 0.933. The van der Waals surface area contributed by atoms with E-state index in [9.17, 15) is 0 Å². The number of anilines is 2. The van der Waals surface area contributed by atoms with Gasteiger partial charge in [0.05, 0.1) is 0 Å². The summed E-state index contributed by atoms with van der Waals surface area (Å²) in [6.07, 6.45) is 2.01. The van der Waals surface area contributed by atoms with Crippen LogP contribution in [0.1, 0.15) is 11.8 Å². The maximum atomic E-state index is 4.40. The maximum Gasteiger partial charge on any atom is 0.182 e. The fourth-order valence-corrected chi connectivity index (χ4v) is 3.56. The van der Waals surface area contributed by atoms with Crippen LogP contribution in [0.5, 0.6) is 0 Å². The first-order valence-electron chi connectivity index (χ1n) is 7.56. The van der Waals surface area contributed by atoms with Crippen LogP contribution in [0.2, 0.25) is 0 Å². The van der Waals surface area contributed by atoms with Crippen molar-refractivity contribution in [3.63, 3.8) is 0 Å². The number of benzene rings is 1. The summed E-state index contributed by atoms with van der Waals surface area (Å²) < 4.78 is 0. The Morgan fingerprint density at radius 3 is 2.62 bits per heavy atom. The van der Waals surface area contributed by atoms with Crippen LogP contribution in [0.3, 0.4) is 0 Å². The second kappa shape index (κ2) is 6.91. The van der Waals surface area contributed by atoms with Gasteiger partial charge in [0.15, 0.2) is 5.13 Å². The average molecular weight is 302 g/mol. The number of nitrogens with zero attached hydrogens (tertiary/aromatic N) is 3. The molecule has 0 aliphatic carbocycles. The Morgan fingerprint density at radius 1 is 1.14 bits per heavy atom. The number of aromatic nitrogens is 1. The van der Waals surface area contributed by atoms with Crippen molar-refractivity contribution in [1.29, 1.82) is 0 Å². The van der Waals surface area contributed by atoms with E-state index < -0.39 is 0 Å². The standard InChI is InChI=1S/C16H22N4S/c1-2-17-16-18-12-15(21-16)13-19-8-10-20(11-9-19)14-6-4-3-5-7-14/h3-7,12H,2,8-11,13H2,1H3,(H,17,18). The molecule has 112 valence electrons. The van der Waals surface area contributed by atoms with Gasteiger partial charge in [0.1, 0.15) is 0 Å². The lowest BCUT2D eigenvalue weighted by Crippen LogP contribution is -2.45. The SMILES string of the molecule is CCNc1ncc(CN2CCN(c3ccccc3)CC2)s1. The van der Waals surface area contributed by atoms with Crippen molar-refractivity contribution in [2.75, 3.05) is 42.9 Å². The third-order valence-electron chi connectivity index (χ3n) is 3.75. The Labute approximate surface area is 130 Å². The van der Waals surface area contributed by atoms with Crippen molar-refractivity contribution in [3.05, 3.63) is 41.4 Å². The van der Waals surface area contributed by atoms with Crippen molar-refractivity contribution in [3.8, 4) is 0 Å². The predicted molar refractivity (Wildman–Crippen MR) is 90.2 cm³/mol. The molecule has 3 rings (SSSR count). The molecule has 1 aliphatic rings. The van der Waals surface area contributed by atoms with Crippen LogP contribution < -0.4 is 10.2 Å². The number of hydrogen-bond acceptors (Lipinski definition) is 5. The van der Waals surface area contributed by atoms with Gasteiger partial charge in [-0.2, -0.15) is 0 Å². The van der Waals surface area contributed by atoms with E-state index in [4.69, 9.17) is 0 Å². The van der Waals surface area contributed by atoms with Crippen LogP contribution in [0, 0.1) is 0 Å². The zero-order valence-corrected chi connectivity index (χ0v) is 13.3. The fourth-order valence-electron chi connectivity index (χ4n) is 2.64. The van der Waals surface area contributed by atoms with Gasteiger partial charge in [0.2, 0.25) is 0 Å². The fraction of sp³-hybridized carbons (Fsp3) is 0.438. The molecule has 5 heteroatoms. The number of thiazole rings is 1. The summed E-state index contributed by atoms with van der Waals surface area (Å²) in [5.74, 6) is 0. The largest absolute Gasteiger partial charge is 0.369 e. The number of piperazine rings is 1. The first-order valence-corrected chi connectivity index (χ1v) is 8.37. The minimum atomic E-state index is 0.933. The molecule has 0 spiro atoms. The van der Waals surface area contributed by atoms with Gasteiger partial charge in [-0.3, -0.25) is 4.90 Å². The second-order valence-corrected chi connectivity index (χ2v) is 6.38. The number of hydrogen-bond donors (Lipinski definition) is 1. The second-order valence-electron chi connectivity index (χ2n) is 5.26. The van der Waals surface area contributed by atoms with E-state index in [1.165, 1.54) is 10.6 Å². The van der Waals surface area contributed by atoms with Crippen LogP contribution in [-0.4, -0.2) is 42.6 Å². The highest BCUT2D eigenvalue weighted by Gasteiger charge is 2.17. The normalized spacial score (nSPS) is 16.1. The van der Waals surface area contributed by atoms with Crippen LogP contribution in [0.4, 0.5) is 10.8 Å². The number of nitrogens with one attached hydrogen (secondary N) is 1. The highest BCUT2D eigenvalue weighted by atomic mass is 32.1. The average Bonchev–Trinajstić information content (AvgIpc) is 2.97. The summed E-state index contributed by atoms with van der Waals surface area (Å²) in [7, 11) is 0. The summed E-state index contributed by atoms with van der Waals surface area (Å²) in [6.45, 7) is 8.48. The summed E-state index contributed by atoms with van der Waals surface area (Å²) >= 11 is 1.77. The van der Waals surface area contributed by atoms with Gasteiger partial charge in [-0.25, -0.2) is 4.98 Å². The molecule has 0 bridgehead atoms. The van der Waals surface area contributed by atoms with Crippen LogP contribution in [0.25, 0.3) is 0 Å². The van der Waals surface area contributed by atoms with Gasteiger partial charge in [-0.15, -0.1) is 11.3 Å². The Hall–Kier alpha value is -1.59. The monoisotopic (exact) mass is 302 g/mol. The highest BCUT2D eigenvalue weighted by Crippen LogP contribution is 2.21. The van der Waals surface area contributed by atoms with Gasteiger partial charge >= 0.3 is 0 Å². The molecule has 0 unspecified atom stereocenters. The summed E-state index contributed by atoms with van der Waals surface area (Å²) in [6, 6.07) is 10.7. The molecule has 2 aromatic rings. The lowest BCUT2D eigenvalue weighted by molar-refractivity contribution is 0.252. The third kappa shape index (κ3) is 3.74. The molecule has 1 N–H and O–H groups in total. The number of para-hydroxylation sites is 1. The highest BCUT2D eigenvalue weighted by molar-refractivity contribution is 7.15. The molecule has 4 nitrogen and oxygen atoms in total. The molecular formula is C16H22N4S. The van der Waals surface area contributed by atoms with Gasteiger partial charge < -0.3 is 10.2 Å². The molecule has 1 fully saturated rings. The summed E-state index contributed by atoms with van der Waals surface area (Å²) in [5, 5.41) is 4.31. The molecule has 1 aromatic heterocycles. The molecule has 1 aliphatic heterocycles. The Morgan fingerprint density at radius 2 is 1.90 bits per heavy atom. The van der Waals surface area contributed by atoms with E-state index in [-0.39, 0.29) is 0 Å². The van der Waals surface area contributed by atoms with Crippen molar-refractivity contribution in [2.45, 2.75) is 13.5 Å². The molecule has 0 amide bonds. The Bertz CT molecular complexity index is 546. The van der Waals surface area contributed by atoms with Crippen LogP contribution in [0.15, 0.2) is 36.5 Å².